The van der Waals surface area contributed by atoms with E-state index in [2.05, 4.69) is 0 Å². The van der Waals surface area contributed by atoms with E-state index in [1.165, 1.54) is 0 Å². The van der Waals surface area contributed by atoms with Crippen molar-refractivity contribution in [2.24, 2.45) is 0 Å². The molecule has 76 valence electrons. The van der Waals surface area contributed by atoms with Crippen molar-refractivity contribution in [3.8, 4) is 11.5 Å². The smallest absolute Gasteiger partial charge is 0.341 e. The van der Waals surface area contributed by atoms with E-state index in [4.69, 9.17) is 14.6 Å². The van der Waals surface area contributed by atoms with Crippen molar-refractivity contribution >= 4 is 5.97 Å². The van der Waals surface area contributed by atoms with Gasteiger partial charge in [0.15, 0.2) is 18.1 Å². The number of ether oxygens (including phenoxy) is 2. The van der Waals surface area contributed by atoms with Crippen LogP contribution < -0.4 is 9.47 Å². The Kier molecular flexibility index (Phi) is 3.79. The number of para-hydroxylation sites is 2. The van der Waals surface area contributed by atoms with Crippen LogP contribution in [0.4, 0.5) is 0 Å². The summed E-state index contributed by atoms with van der Waals surface area (Å²) in [7, 11) is 0. The molecule has 1 aromatic rings. The van der Waals surface area contributed by atoms with Gasteiger partial charge < -0.3 is 14.6 Å². The summed E-state index contributed by atoms with van der Waals surface area (Å²) in [6.45, 7) is 2.02. The molecule has 4 nitrogen and oxygen atoms in total. The van der Waals surface area contributed by atoms with Gasteiger partial charge in [-0.15, -0.1) is 0 Å². The number of carbonyl (C=O) groups is 1. The first-order valence-electron chi connectivity index (χ1n) is 4.30. The van der Waals surface area contributed by atoms with Crippen molar-refractivity contribution in [3.63, 3.8) is 0 Å². The molecule has 0 amide bonds. The molecule has 1 rings (SSSR count). The van der Waals surface area contributed by atoms with E-state index < -0.39 is 5.97 Å². The Bertz CT molecular complexity index is 309. The van der Waals surface area contributed by atoms with Gasteiger partial charge in [-0.1, -0.05) is 12.1 Å². The Morgan fingerprint density at radius 3 is 2.36 bits per heavy atom. The van der Waals surface area contributed by atoms with Gasteiger partial charge in [0.05, 0.1) is 6.61 Å². The molecule has 1 aromatic carbocycles. The lowest BCUT2D eigenvalue weighted by Crippen LogP contribution is -2.10. The number of carboxylic acids is 1. The van der Waals surface area contributed by atoms with E-state index in [9.17, 15) is 4.79 Å². The van der Waals surface area contributed by atoms with Crippen LogP contribution in [0.2, 0.25) is 0 Å². The number of hydrogen-bond donors (Lipinski definition) is 1. The van der Waals surface area contributed by atoms with E-state index in [0.29, 0.717) is 18.1 Å². The molecule has 0 radical (unpaired) electrons. The molecule has 0 aromatic heterocycles. The molecule has 0 saturated carbocycles. The summed E-state index contributed by atoms with van der Waals surface area (Å²) in [5.41, 5.74) is 0. The maximum absolute atomic E-state index is 10.3. The summed E-state index contributed by atoms with van der Waals surface area (Å²) in [5, 5.41) is 8.43. The average molecular weight is 196 g/mol. The van der Waals surface area contributed by atoms with E-state index >= 15 is 0 Å². The van der Waals surface area contributed by atoms with Crippen molar-refractivity contribution in [1.82, 2.24) is 0 Å². The quantitative estimate of drug-likeness (QED) is 0.776. The summed E-state index contributed by atoms with van der Waals surface area (Å²) in [6, 6.07) is 6.98. The highest BCUT2D eigenvalue weighted by Crippen LogP contribution is 2.25. The Hall–Kier alpha value is -1.71. The first-order chi connectivity index (χ1) is 6.74. The maximum Gasteiger partial charge on any atom is 0.341 e. The Morgan fingerprint density at radius 1 is 1.29 bits per heavy atom. The second kappa shape index (κ2) is 5.11. The van der Waals surface area contributed by atoms with Crippen LogP contribution >= 0.6 is 0 Å². The minimum atomic E-state index is -1.00. The van der Waals surface area contributed by atoms with Crippen molar-refractivity contribution in [2.45, 2.75) is 6.92 Å². The zero-order valence-electron chi connectivity index (χ0n) is 7.90. The van der Waals surface area contributed by atoms with Gasteiger partial charge in [0.1, 0.15) is 0 Å². The predicted octanol–water partition coefficient (Wildman–Crippen LogP) is 1.55. The summed E-state index contributed by atoms with van der Waals surface area (Å²) >= 11 is 0. The van der Waals surface area contributed by atoms with Gasteiger partial charge in [0.2, 0.25) is 0 Å². The molecule has 0 aliphatic heterocycles. The van der Waals surface area contributed by atoms with Crippen molar-refractivity contribution < 1.29 is 19.4 Å². The van der Waals surface area contributed by atoms with Crippen molar-refractivity contribution in [3.05, 3.63) is 24.3 Å². The molecule has 0 aliphatic rings. The average Bonchev–Trinajstić information content (AvgIpc) is 2.17. The van der Waals surface area contributed by atoms with E-state index in [1.807, 2.05) is 6.92 Å². The molecule has 0 fully saturated rings. The highest BCUT2D eigenvalue weighted by atomic mass is 16.5. The van der Waals surface area contributed by atoms with Crippen LogP contribution in [0.25, 0.3) is 0 Å². The second-order valence-corrected chi connectivity index (χ2v) is 2.56. The third-order valence-corrected chi connectivity index (χ3v) is 1.50. The summed E-state index contributed by atoms with van der Waals surface area (Å²) in [6.07, 6.45) is 0. The van der Waals surface area contributed by atoms with Gasteiger partial charge in [-0.25, -0.2) is 4.79 Å². The van der Waals surface area contributed by atoms with Crippen LogP contribution in [0.3, 0.4) is 0 Å². The fourth-order valence-electron chi connectivity index (χ4n) is 0.984. The van der Waals surface area contributed by atoms with Gasteiger partial charge in [-0.05, 0) is 19.1 Å². The monoisotopic (exact) mass is 196 g/mol. The van der Waals surface area contributed by atoms with Gasteiger partial charge in [-0.3, -0.25) is 0 Å². The minimum Gasteiger partial charge on any atom is -0.490 e. The van der Waals surface area contributed by atoms with Crippen LogP contribution in [0.15, 0.2) is 24.3 Å². The van der Waals surface area contributed by atoms with Gasteiger partial charge >= 0.3 is 5.97 Å². The molecule has 1 N–H and O–H groups in total. The minimum absolute atomic E-state index is 0.357. The number of carboxylic acid groups (broad SMARTS) is 1. The molecule has 4 heteroatoms. The lowest BCUT2D eigenvalue weighted by molar-refractivity contribution is -0.139. The van der Waals surface area contributed by atoms with Crippen LogP contribution in [0.1, 0.15) is 6.92 Å². The summed E-state index contributed by atoms with van der Waals surface area (Å²) in [4.78, 5) is 10.3. The second-order valence-electron chi connectivity index (χ2n) is 2.56. The lowest BCUT2D eigenvalue weighted by Gasteiger charge is -2.09. The summed E-state index contributed by atoms with van der Waals surface area (Å²) < 4.78 is 10.3. The lowest BCUT2D eigenvalue weighted by atomic mass is 10.3. The topological polar surface area (TPSA) is 55.8 Å². The Morgan fingerprint density at radius 2 is 1.86 bits per heavy atom. The molecule has 0 spiro atoms. The molecule has 0 unspecified atom stereocenters. The first-order valence-corrected chi connectivity index (χ1v) is 4.30. The maximum atomic E-state index is 10.3. The van der Waals surface area contributed by atoms with Crippen molar-refractivity contribution in [2.75, 3.05) is 13.2 Å². The van der Waals surface area contributed by atoms with E-state index in [0.717, 1.165) is 0 Å². The molecule has 14 heavy (non-hydrogen) atoms. The number of rotatable bonds is 5. The molecule has 0 atom stereocenters. The number of benzene rings is 1. The van der Waals surface area contributed by atoms with Crippen LogP contribution in [-0.4, -0.2) is 24.3 Å². The molecule has 0 heterocycles. The van der Waals surface area contributed by atoms with Crippen LogP contribution in [0, 0.1) is 0 Å². The highest BCUT2D eigenvalue weighted by molar-refractivity contribution is 5.68. The normalized spacial score (nSPS) is 9.50. The largest absolute Gasteiger partial charge is 0.490 e. The summed E-state index contributed by atoms with van der Waals surface area (Å²) in [5.74, 6) is 0.0179. The van der Waals surface area contributed by atoms with Gasteiger partial charge in [0.25, 0.3) is 0 Å². The highest BCUT2D eigenvalue weighted by Gasteiger charge is 2.04. The molecule has 0 bridgehead atoms. The van der Waals surface area contributed by atoms with Crippen LogP contribution in [-0.2, 0) is 4.79 Å². The fraction of sp³-hybridized carbons (Fsp3) is 0.300. The molecular weight excluding hydrogens is 184 g/mol. The third kappa shape index (κ3) is 2.97. The van der Waals surface area contributed by atoms with E-state index in [1.54, 1.807) is 24.3 Å². The number of hydrogen-bond acceptors (Lipinski definition) is 3. The third-order valence-electron chi connectivity index (χ3n) is 1.50. The fourth-order valence-corrected chi connectivity index (χ4v) is 0.984. The predicted molar refractivity (Wildman–Crippen MR) is 50.7 cm³/mol. The Labute approximate surface area is 82.1 Å². The van der Waals surface area contributed by atoms with Gasteiger partial charge in [-0.2, -0.15) is 0 Å². The Balaban J connectivity index is 2.68. The SMILES string of the molecule is CCOc1ccccc1OCC(=O)O. The molecular formula is C10H12O4. The van der Waals surface area contributed by atoms with Crippen LogP contribution in [0.5, 0.6) is 11.5 Å². The zero-order chi connectivity index (χ0) is 10.4. The van der Waals surface area contributed by atoms with Gasteiger partial charge in [0, 0.05) is 0 Å². The standard InChI is InChI=1S/C10H12O4/c1-2-13-8-5-3-4-6-9(8)14-7-10(11)12/h3-6H,2,7H2,1H3,(H,11,12). The first kappa shape index (κ1) is 10.4. The number of aliphatic carboxylic acids is 1. The van der Waals surface area contributed by atoms with Crippen molar-refractivity contribution in [1.29, 1.82) is 0 Å². The zero-order valence-corrected chi connectivity index (χ0v) is 7.90. The molecule has 0 aliphatic carbocycles. The molecule has 0 saturated heterocycles. The van der Waals surface area contributed by atoms with E-state index in [-0.39, 0.29) is 6.61 Å².